The van der Waals surface area contributed by atoms with E-state index in [2.05, 4.69) is 17.3 Å². The Morgan fingerprint density at radius 1 is 1.18 bits per heavy atom. The number of carbonyl (C=O) groups is 1. The Bertz CT molecular complexity index is 372. The molecule has 2 amide bonds. The summed E-state index contributed by atoms with van der Waals surface area (Å²) in [5.41, 5.74) is 0. The number of carbonyl (C=O) groups excluding carboxylic acids is 1. The average Bonchev–Trinajstić information content (AvgIpc) is 3.29. The van der Waals surface area contributed by atoms with Gasteiger partial charge in [-0.15, -0.1) is 0 Å². The van der Waals surface area contributed by atoms with Gasteiger partial charge in [0, 0.05) is 37.3 Å². The second-order valence-corrected chi connectivity index (χ2v) is 7.38. The molecule has 3 fully saturated rings. The van der Waals surface area contributed by atoms with Crippen LogP contribution in [0.25, 0.3) is 0 Å². The summed E-state index contributed by atoms with van der Waals surface area (Å²) < 4.78 is 0. The maximum Gasteiger partial charge on any atom is 0.317 e. The van der Waals surface area contributed by atoms with E-state index in [0.29, 0.717) is 24.2 Å². The average molecular weight is 309 g/mol. The molecule has 2 heterocycles. The number of hydrogen-bond acceptors (Lipinski definition) is 3. The first-order chi connectivity index (χ1) is 10.7. The van der Waals surface area contributed by atoms with Crippen LogP contribution in [0.2, 0.25) is 0 Å². The van der Waals surface area contributed by atoms with Gasteiger partial charge in [-0.2, -0.15) is 0 Å². The van der Waals surface area contributed by atoms with Crippen molar-refractivity contribution >= 4 is 6.03 Å². The van der Waals surface area contributed by atoms with Crippen molar-refractivity contribution in [2.24, 2.45) is 0 Å². The predicted molar refractivity (Wildman–Crippen MR) is 86.8 cm³/mol. The molecular weight excluding hydrogens is 278 g/mol. The Balaban J connectivity index is 1.51. The minimum absolute atomic E-state index is 0.132. The highest BCUT2D eigenvalue weighted by Crippen LogP contribution is 2.33. The number of urea groups is 1. The van der Waals surface area contributed by atoms with Crippen LogP contribution >= 0.6 is 0 Å². The van der Waals surface area contributed by atoms with E-state index in [4.69, 9.17) is 5.11 Å². The molecule has 3 rings (SSSR count). The molecule has 126 valence electrons. The standard InChI is InChI=1S/C17H31N3O2/c1-19-15-5-4-6-16(19)12-13(11-15)18-17(22)20(14-7-8-14)9-2-3-10-21/h13-16,21H,2-12H2,1H3,(H,18,22). The van der Waals surface area contributed by atoms with E-state index in [-0.39, 0.29) is 12.6 Å². The molecule has 2 unspecified atom stereocenters. The topological polar surface area (TPSA) is 55.8 Å². The molecule has 2 aliphatic heterocycles. The summed E-state index contributed by atoms with van der Waals surface area (Å²) in [4.78, 5) is 17.2. The van der Waals surface area contributed by atoms with E-state index in [1.165, 1.54) is 19.3 Å². The number of rotatable bonds is 6. The number of aliphatic hydroxyl groups is 1. The number of hydrogen-bond donors (Lipinski definition) is 2. The van der Waals surface area contributed by atoms with Crippen molar-refractivity contribution in [3.63, 3.8) is 0 Å². The monoisotopic (exact) mass is 309 g/mol. The van der Waals surface area contributed by atoms with Gasteiger partial charge in [-0.25, -0.2) is 4.79 Å². The van der Waals surface area contributed by atoms with Gasteiger partial charge >= 0.3 is 6.03 Å². The van der Waals surface area contributed by atoms with Gasteiger partial charge in [0.2, 0.25) is 0 Å². The van der Waals surface area contributed by atoms with E-state index < -0.39 is 0 Å². The Labute approximate surface area is 134 Å². The second kappa shape index (κ2) is 7.18. The van der Waals surface area contributed by atoms with Gasteiger partial charge in [0.25, 0.3) is 0 Å². The van der Waals surface area contributed by atoms with Crippen molar-refractivity contribution in [1.29, 1.82) is 0 Å². The van der Waals surface area contributed by atoms with Crippen LogP contribution in [0, 0.1) is 0 Å². The molecule has 1 saturated carbocycles. The van der Waals surface area contributed by atoms with E-state index in [1.54, 1.807) is 0 Å². The van der Waals surface area contributed by atoms with Gasteiger partial charge in [-0.3, -0.25) is 0 Å². The molecule has 22 heavy (non-hydrogen) atoms. The molecule has 0 aromatic carbocycles. The second-order valence-electron chi connectivity index (χ2n) is 7.38. The lowest BCUT2D eigenvalue weighted by Crippen LogP contribution is -2.57. The van der Waals surface area contributed by atoms with Crippen LogP contribution < -0.4 is 5.32 Å². The van der Waals surface area contributed by atoms with Crippen LogP contribution in [0.1, 0.15) is 57.8 Å². The lowest BCUT2D eigenvalue weighted by atomic mass is 9.82. The SMILES string of the molecule is CN1C2CCCC1CC(NC(=O)N(CCCCO)C1CC1)C2. The van der Waals surface area contributed by atoms with Crippen molar-refractivity contribution in [2.75, 3.05) is 20.2 Å². The van der Waals surface area contributed by atoms with Crippen molar-refractivity contribution in [3.05, 3.63) is 0 Å². The van der Waals surface area contributed by atoms with Crippen LogP contribution in [-0.2, 0) is 0 Å². The van der Waals surface area contributed by atoms with Crippen molar-refractivity contribution < 1.29 is 9.90 Å². The zero-order chi connectivity index (χ0) is 15.5. The third-order valence-electron chi connectivity index (χ3n) is 5.72. The molecule has 5 nitrogen and oxygen atoms in total. The van der Waals surface area contributed by atoms with E-state index in [0.717, 1.165) is 45.1 Å². The quantitative estimate of drug-likeness (QED) is 0.737. The zero-order valence-electron chi connectivity index (χ0n) is 13.8. The Morgan fingerprint density at radius 3 is 2.45 bits per heavy atom. The maximum absolute atomic E-state index is 12.6. The third kappa shape index (κ3) is 3.74. The van der Waals surface area contributed by atoms with Crippen LogP contribution in [0.5, 0.6) is 0 Å². The van der Waals surface area contributed by atoms with Gasteiger partial charge in [0.15, 0.2) is 0 Å². The first-order valence-corrected chi connectivity index (χ1v) is 9.09. The van der Waals surface area contributed by atoms with Crippen LogP contribution in [0.15, 0.2) is 0 Å². The fourth-order valence-corrected chi connectivity index (χ4v) is 4.22. The number of fused-ring (bicyclic) bond motifs is 2. The Morgan fingerprint density at radius 2 is 1.86 bits per heavy atom. The number of nitrogens with one attached hydrogen (secondary N) is 1. The molecule has 0 radical (unpaired) electrons. The first kappa shape index (κ1) is 16.1. The van der Waals surface area contributed by atoms with Crippen molar-refractivity contribution in [1.82, 2.24) is 15.1 Å². The molecule has 2 atom stereocenters. The summed E-state index contributed by atoms with van der Waals surface area (Å²) in [7, 11) is 2.25. The van der Waals surface area contributed by atoms with Gasteiger partial charge in [0.05, 0.1) is 0 Å². The highest BCUT2D eigenvalue weighted by Gasteiger charge is 2.38. The van der Waals surface area contributed by atoms with Gasteiger partial charge < -0.3 is 20.2 Å². The summed E-state index contributed by atoms with van der Waals surface area (Å²) in [5, 5.41) is 12.2. The molecule has 2 bridgehead atoms. The summed E-state index contributed by atoms with van der Waals surface area (Å²) in [6.45, 7) is 1.01. The summed E-state index contributed by atoms with van der Waals surface area (Å²) in [6, 6.07) is 2.23. The molecule has 2 saturated heterocycles. The molecule has 5 heteroatoms. The molecule has 2 N–H and O–H groups in total. The zero-order valence-corrected chi connectivity index (χ0v) is 13.8. The summed E-state index contributed by atoms with van der Waals surface area (Å²) in [6.07, 6.45) is 10.1. The van der Waals surface area contributed by atoms with Crippen LogP contribution in [-0.4, -0.2) is 65.3 Å². The highest BCUT2D eigenvalue weighted by molar-refractivity contribution is 5.75. The van der Waals surface area contributed by atoms with Gasteiger partial charge in [0.1, 0.15) is 0 Å². The molecule has 1 aliphatic carbocycles. The number of nitrogens with zero attached hydrogens (tertiary/aromatic N) is 2. The fraction of sp³-hybridized carbons (Fsp3) is 0.941. The van der Waals surface area contributed by atoms with E-state index in [9.17, 15) is 4.79 Å². The smallest absolute Gasteiger partial charge is 0.317 e. The lowest BCUT2D eigenvalue weighted by Gasteiger charge is -2.47. The van der Waals surface area contributed by atoms with Crippen LogP contribution in [0.3, 0.4) is 0 Å². The normalized spacial score (nSPS) is 31.8. The number of aliphatic hydroxyl groups excluding tert-OH is 1. The first-order valence-electron chi connectivity index (χ1n) is 9.09. The van der Waals surface area contributed by atoms with Crippen molar-refractivity contribution in [2.45, 2.75) is 82.0 Å². The predicted octanol–water partition coefficient (Wildman–Crippen LogP) is 1.95. The molecule has 0 aromatic rings. The van der Waals surface area contributed by atoms with Crippen LogP contribution in [0.4, 0.5) is 4.79 Å². The largest absolute Gasteiger partial charge is 0.396 e. The van der Waals surface area contributed by atoms with Crippen molar-refractivity contribution in [3.8, 4) is 0 Å². The fourth-order valence-electron chi connectivity index (χ4n) is 4.22. The number of amides is 2. The molecule has 3 aliphatic rings. The molecule has 0 spiro atoms. The van der Waals surface area contributed by atoms with Gasteiger partial charge in [-0.05, 0) is 58.4 Å². The highest BCUT2D eigenvalue weighted by atomic mass is 16.3. The lowest BCUT2D eigenvalue weighted by molar-refractivity contribution is 0.0492. The minimum Gasteiger partial charge on any atom is -0.396 e. The van der Waals surface area contributed by atoms with Gasteiger partial charge in [-0.1, -0.05) is 6.42 Å². The third-order valence-corrected chi connectivity index (χ3v) is 5.72. The minimum atomic E-state index is 0.132. The summed E-state index contributed by atoms with van der Waals surface area (Å²) >= 11 is 0. The number of unbranched alkanes of at least 4 members (excludes halogenated alkanes) is 1. The molecular formula is C17H31N3O2. The maximum atomic E-state index is 12.6. The molecule has 0 aromatic heterocycles. The Kier molecular flexibility index (Phi) is 5.24. The summed E-state index contributed by atoms with van der Waals surface area (Å²) in [5.74, 6) is 0. The van der Waals surface area contributed by atoms with E-state index in [1.807, 2.05) is 4.90 Å². The number of piperidine rings is 2. The Hall–Kier alpha value is -0.810. The van der Waals surface area contributed by atoms with E-state index >= 15 is 0 Å².